The van der Waals surface area contributed by atoms with Gasteiger partial charge in [-0.1, -0.05) is 35.1 Å². The number of anilines is 1. The fourth-order valence-corrected chi connectivity index (χ4v) is 3.09. The van der Waals surface area contributed by atoms with Gasteiger partial charge in [0.05, 0.1) is 22.0 Å². The lowest BCUT2D eigenvalue weighted by molar-refractivity contribution is 0.881. The Morgan fingerprint density at radius 2 is 2.11 bits per heavy atom. The molecule has 3 nitrogen and oxygen atoms in total. The van der Waals surface area contributed by atoms with Crippen molar-refractivity contribution in [3.05, 3.63) is 53.3 Å². The van der Waals surface area contributed by atoms with Crippen LogP contribution in [-0.2, 0) is 6.54 Å². The Bertz CT molecular complexity index is 696. The molecule has 96 valence electrons. The molecule has 5 heteroatoms. The molecule has 2 heterocycles. The zero-order valence-electron chi connectivity index (χ0n) is 10.4. The van der Waals surface area contributed by atoms with Crippen LogP contribution in [0.4, 0.5) is 5.13 Å². The summed E-state index contributed by atoms with van der Waals surface area (Å²) in [6, 6.07) is 11.8. The van der Waals surface area contributed by atoms with Gasteiger partial charge in [-0.05, 0) is 24.3 Å². The van der Waals surface area contributed by atoms with Crippen molar-refractivity contribution in [3.8, 4) is 0 Å². The van der Waals surface area contributed by atoms with Crippen LogP contribution in [0.2, 0.25) is 5.02 Å². The molecule has 0 radical (unpaired) electrons. The monoisotopic (exact) mass is 289 g/mol. The molecule has 0 unspecified atom stereocenters. The van der Waals surface area contributed by atoms with Crippen LogP contribution in [0.3, 0.4) is 0 Å². The predicted octanol–water partition coefficient (Wildman–Crippen LogP) is 3.98. The quantitative estimate of drug-likeness (QED) is 0.730. The number of halogens is 1. The first-order valence-electron chi connectivity index (χ1n) is 5.90. The number of rotatable bonds is 3. The lowest BCUT2D eigenvalue weighted by Crippen LogP contribution is -2.16. The standard InChI is InChI=1S/C14H12ClN3S/c1-18(9-10-5-2-3-8-16-10)14-17-13-11(15)6-4-7-12(13)19-14/h2-8H,9H2,1H3. The molecule has 0 aliphatic heterocycles. The van der Waals surface area contributed by atoms with E-state index in [0.717, 1.165) is 27.6 Å². The van der Waals surface area contributed by atoms with E-state index in [2.05, 4.69) is 14.9 Å². The number of benzene rings is 1. The number of aromatic nitrogens is 2. The molecule has 0 spiro atoms. The fourth-order valence-electron chi connectivity index (χ4n) is 1.87. The molecule has 0 N–H and O–H groups in total. The largest absolute Gasteiger partial charge is 0.345 e. The lowest BCUT2D eigenvalue weighted by atomic mass is 10.3. The molecule has 0 aliphatic rings. The summed E-state index contributed by atoms with van der Waals surface area (Å²) in [7, 11) is 2.01. The van der Waals surface area contributed by atoms with Gasteiger partial charge in [-0.2, -0.15) is 0 Å². The number of para-hydroxylation sites is 1. The third-order valence-corrected chi connectivity index (χ3v) is 4.25. The summed E-state index contributed by atoms with van der Waals surface area (Å²) in [5.74, 6) is 0. The van der Waals surface area contributed by atoms with Crippen molar-refractivity contribution >= 4 is 38.3 Å². The molecular formula is C14H12ClN3S. The Labute approximate surface area is 120 Å². The first-order chi connectivity index (χ1) is 9.24. The van der Waals surface area contributed by atoms with Gasteiger partial charge < -0.3 is 4.90 Å². The van der Waals surface area contributed by atoms with Crippen LogP contribution in [0.15, 0.2) is 42.6 Å². The Morgan fingerprint density at radius 1 is 1.21 bits per heavy atom. The number of hydrogen-bond acceptors (Lipinski definition) is 4. The summed E-state index contributed by atoms with van der Waals surface area (Å²) in [5.41, 5.74) is 1.90. The number of pyridine rings is 1. The van der Waals surface area contributed by atoms with E-state index in [1.807, 2.05) is 43.4 Å². The summed E-state index contributed by atoms with van der Waals surface area (Å²) in [4.78, 5) is 11.0. The maximum Gasteiger partial charge on any atom is 0.186 e. The minimum atomic E-state index is 0.700. The van der Waals surface area contributed by atoms with E-state index in [1.54, 1.807) is 17.5 Å². The van der Waals surface area contributed by atoms with Crippen LogP contribution in [0.25, 0.3) is 10.2 Å². The van der Waals surface area contributed by atoms with E-state index in [1.165, 1.54) is 0 Å². The van der Waals surface area contributed by atoms with Crippen LogP contribution >= 0.6 is 22.9 Å². The van der Waals surface area contributed by atoms with E-state index in [4.69, 9.17) is 11.6 Å². The Morgan fingerprint density at radius 3 is 2.84 bits per heavy atom. The Kier molecular flexibility index (Phi) is 3.36. The normalized spacial score (nSPS) is 10.8. The zero-order valence-corrected chi connectivity index (χ0v) is 11.9. The molecule has 0 amide bonds. The summed E-state index contributed by atoms with van der Waals surface area (Å²) in [6.45, 7) is 0.734. The van der Waals surface area contributed by atoms with E-state index >= 15 is 0 Å². The average molecular weight is 290 g/mol. The SMILES string of the molecule is CN(Cc1ccccn1)c1nc2c(Cl)cccc2s1. The van der Waals surface area contributed by atoms with Gasteiger partial charge in [0, 0.05) is 13.2 Å². The third kappa shape index (κ3) is 2.55. The highest BCUT2D eigenvalue weighted by molar-refractivity contribution is 7.22. The van der Waals surface area contributed by atoms with Gasteiger partial charge in [-0.15, -0.1) is 0 Å². The molecule has 0 atom stereocenters. The third-order valence-electron chi connectivity index (χ3n) is 2.81. The van der Waals surface area contributed by atoms with Gasteiger partial charge in [0.25, 0.3) is 0 Å². The van der Waals surface area contributed by atoms with Crippen LogP contribution in [0, 0.1) is 0 Å². The Hall–Kier alpha value is -1.65. The molecule has 0 bridgehead atoms. The van der Waals surface area contributed by atoms with Crippen LogP contribution in [0.1, 0.15) is 5.69 Å². The van der Waals surface area contributed by atoms with Crippen LogP contribution < -0.4 is 4.90 Å². The second kappa shape index (κ2) is 5.15. The van der Waals surface area contributed by atoms with Crippen molar-refractivity contribution in [3.63, 3.8) is 0 Å². The van der Waals surface area contributed by atoms with Gasteiger partial charge in [-0.3, -0.25) is 4.98 Å². The summed E-state index contributed by atoms with van der Waals surface area (Å²) < 4.78 is 1.11. The highest BCUT2D eigenvalue weighted by Crippen LogP contribution is 2.32. The van der Waals surface area contributed by atoms with E-state index in [-0.39, 0.29) is 0 Å². The molecule has 19 heavy (non-hydrogen) atoms. The first kappa shape index (κ1) is 12.4. The van der Waals surface area contributed by atoms with Gasteiger partial charge in [0.1, 0.15) is 5.52 Å². The highest BCUT2D eigenvalue weighted by Gasteiger charge is 2.11. The molecule has 1 aromatic carbocycles. The molecule has 3 rings (SSSR count). The first-order valence-corrected chi connectivity index (χ1v) is 7.09. The molecule has 0 saturated carbocycles. The topological polar surface area (TPSA) is 29.0 Å². The predicted molar refractivity (Wildman–Crippen MR) is 81.0 cm³/mol. The van der Waals surface area contributed by atoms with Crippen molar-refractivity contribution in [1.82, 2.24) is 9.97 Å². The molecule has 3 aromatic rings. The van der Waals surface area contributed by atoms with Gasteiger partial charge in [-0.25, -0.2) is 4.98 Å². The second-order valence-electron chi connectivity index (χ2n) is 4.26. The summed E-state index contributed by atoms with van der Waals surface area (Å²) in [6.07, 6.45) is 1.80. The highest BCUT2D eigenvalue weighted by atomic mass is 35.5. The van der Waals surface area contributed by atoms with E-state index < -0.39 is 0 Å². The minimum Gasteiger partial charge on any atom is -0.345 e. The second-order valence-corrected chi connectivity index (χ2v) is 5.68. The lowest BCUT2D eigenvalue weighted by Gasteiger charge is -2.14. The van der Waals surface area contributed by atoms with Crippen LogP contribution in [0.5, 0.6) is 0 Å². The molecule has 0 fully saturated rings. The number of thiazole rings is 1. The summed E-state index contributed by atoms with van der Waals surface area (Å²) in [5, 5.41) is 1.65. The molecule has 0 aliphatic carbocycles. The number of nitrogens with zero attached hydrogens (tertiary/aromatic N) is 3. The maximum atomic E-state index is 6.15. The molecule has 0 saturated heterocycles. The summed E-state index contributed by atoms with van der Waals surface area (Å²) >= 11 is 7.79. The number of fused-ring (bicyclic) bond motifs is 1. The zero-order chi connectivity index (χ0) is 13.2. The van der Waals surface area contributed by atoms with Gasteiger partial charge in [0.2, 0.25) is 0 Å². The van der Waals surface area contributed by atoms with Gasteiger partial charge in [0.15, 0.2) is 5.13 Å². The van der Waals surface area contributed by atoms with Crippen LogP contribution in [-0.4, -0.2) is 17.0 Å². The van der Waals surface area contributed by atoms with Gasteiger partial charge >= 0.3 is 0 Å². The fraction of sp³-hybridized carbons (Fsp3) is 0.143. The molecule has 2 aromatic heterocycles. The van der Waals surface area contributed by atoms with E-state index in [0.29, 0.717) is 5.02 Å². The van der Waals surface area contributed by atoms with Crippen molar-refractivity contribution < 1.29 is 0 Å². The Balaban J connectivity index is 1.89. The van der Waals surface area contributed by atoms with Crippen molar-refractivity contribution in [2.24, 2.45) is 0 Å². The van der Waals surface area contributed by atoms with Crippen molar-refractivity contribution in [1.29, 1.82) is 0 Å². The average Bonchev–Trinajstić information content (AvgIpc) is 2.85. The maximum absolute atomic E-state index is 6.15. The minimum absolute atomic E-state index is 0.700. The number of hydrogen-bond donors (Lipinski definition) is 0. The molecular weight excluding hydrogens is 278 g/mol. The van der Waals surface area contributed by atoms with E-state index in [9.17, 15) is 0 Å². The van der Waals surface area contributed by atoms with Crippen molar-refractivity contribution in [2.45, 2.75) is 6.54 Å². The van der Waals surface area contributed by atoms with Crippen molar-refractivity contribution in [2.75, 3.05) is 11.9 Å². The smallest absolute Gasteiger partial charge is 0.186 e.